The predicted molar refractivity (Wildman–Crippen MR) is 105 cm³/mol. The summed E-state index contributed by atoms with van der Waals surface area (Å²) in [5.41, 5.74) is 0.730. The molecule has 1 saturated heterocycles. The van der Waals surface area contributed by atoms with Crippen LogP contribution in [0.4, 0.5) is 0 Å². The van der Waals surface area contributed by atoms with Gasteiger partial charge in [-0.05, 0) is 50.9 Å². The molecule has 25 heavy (non-hydrogen) atoms. The van der Waals surface area contributed by atoms with Crippen LogP contribution in [0, 0.1) is 11.3 Å². The van der Waals surface area contributed by atoms with Gasteiger partial charge in [-0.1, -0.05) is 26.0 Å². The van der Waals surface area contributed by atoms with Crippen molar-refractivity contribution in [2.24, 2.45) is 11.3 Å². The number of fused-ring (bicyclic) bond motifs is 1. The molecule has 0 saturated carbocycles. The number of para-hydroxylation sites is 1. The molecule has 1 aromatic heterocycles. The van der Waals surface area contributed by atoms with Crippen molar-refractivity contribution in [2.45, 2.75) is 39.5 Å². The zero-order chi connectivity index (χ0) is 17.9. The lowest BCUT2D eigenvalue weighted by atomic mass is 9.78. The Hall–Kier alpha value is -1.46. The third-order valence-corrected chi connectivity index (χ3v) is 6.74. The minimum atomic E-state index is -0.317. The van der Waals surface area contributed by atoms with Crippen molar-refractivity contribution < 1.29 is 4.79 Å². The van der Waals surface area contributed by atoms with Gasteiger partial charge in [-0.25, -0.2) is 4.98 Å². The second kappa shape index (κ2) is 7.83. The Bertz CT molecular complexity index is 690. The van der Waals surface area contributed by atoms with Gasteiger partial charge < -0.3 is 10.2 Å². The minimum absolute atomic E-state index is 0.317. The topological polar surface area (TPSA) is 45.2 Å². The lowest BCUT2D eigenvalue weighted by molar-refractivity contribution is -0.141. The van der Waals surface area contributed by atoms with E-state index < -0.39 is 0 Å². The maximum absolute atomic E-state index is 13.4. The largest absolute Gasteiger partial charge is 0.342 e. The van der Waals surface area contributed by atoms with Crippen LogP contribution < -0.4 is 5.32 Å². The third-order valence-electron chi connectivity index (χ3n) is 5.70. The van der Waals surface area contributed by atoms with Gasteiger partial charge in [-0.15, -0.1) is 11.3 Å². The van der Waals surface area contributed by atoms with E-state index in [4.69, 9.17) is 4.98 Å². The maximum Gasteiger partial charge on any atom is 0.229 e. The maximum atomic E-state index is 13.4. The molecule has 1 unspecified atom stereocenters. The van der Waals surface area contributed by atoms with Gasteiger partial charge in [0.2, 0.25) is 5.91 Å². The van der Waals surface area contributed by atoms with Crippen LogP contribution in [0.15, 0.2) is 24.3 Å². The van der Waals surface area contributed by atoms with Crippen LogP contribution in [-0.2, 0) is 11.2 Å². The number of carbonyl (C=O) groups is 1. The third kappa shape index (κ3) is 3.72. The van der Waals surface area contributed by atoms with Crippen molar-refractivity contribution in [1.29, 1.82) is 0 Å². The van der Waals surface area contributed by atoms with E-state index in [9.17, 15) is 4.79 Å². The zero-order valence-electron chi connectivity index (χ0n) is 15.5. The number of amides is 1. The number of thiazole rings is 1. The van der Waals surface area contributed by atoms with Gasteiger partial charge >= 0.3 is 0 Å². The number of aromatic nitrogens is 1. The summed E-state index contributed by atoms with van der Waals surface area (Å²) in [7, 11) is 1.99. The Morgan fingerprint density at radius 2 is 2.12 bits per heavy atom. The number of likely N-dealkylation sites (tertiary alicyclic amines) is 1. The number of hydrogen-bond donors (Lipinski definition) is 1. The van der Waals surface area contributed by atoms with Crippen molar-refractivity contribution in [3.8, 4) is 0 Å². The van der Waals surface area contributed by atoms with Gasteiger partial charge in [0.25, 0.3) is 0 Å². The van der Waals surface area contributed by atoms with Crippen LogP contribution in [0.25, 0.3) is 10.2 Å². The average Bonchev–Trinajstić information content (AvgIpc) is 3.25. The van der Waals surface area contributed by atoms with E-state index in [0.717, 1.165) is 55.8 Å². The van der Waals surface area contributed by atoms with Crippen molar-refractivity contribution in [3.05, 3.63) is 29.3 Å². The van der Waals surface area contributed by atoms with Crippen LogP contribution in [0.5, 0.6) is 0 Å². The normalized spacial score (nSPS) is 18.2. The molecule has 1 aliphatic rings. The number of hydrogen-bond acceptors (Lipinski definition) is 4. The van der Waals surface area contributed by atoms with Crippen molar-refractivity contribution in [2.75, 3.05) is 26.7 Å². The summed E-state index contributed by atoms with van der Waals surface area (Å²) in [6.07, 6.45) is 3.60. The van der Waals surface area contributed by atoms with Crippen LogP contribution in [-0.4, -0.2) is 42.5 Å². The number of nitrogens with one attached hydrogen (secondary N) is 1. The van der Waals surface area contributed by atoms with Gasteiger partial charge in [-0.3, -0.25) is 4.79 Å². The SMILES string of the molecule is CCC(CC)(Cc1nc2ccccc2s1)C(=O)N1CCC(CNC)C1. The highest BCUT2D eigenvalue weighted by molar-refractivity contribution is 7.18. The molecule has 1 aromatic carbocycles. The van der Waals surface area contributed by atoms with E-state index >= 15 is 0 Å². The zero-order valence-corrected chi connectivity index (χ0v) is 16.4. The first-order valence-corrected chi connectivity index (χ1v) is 10.2. The second-order valence-electron chi connectivity index (χ2n) is 7.20. The highest BCUT2D eigenvalue weighted by Crippen LogP contribution is 2.37. The summed E-state index contributed by atoms with van der Waals surface area (Å²) in [6.45, 7) is 7.08. The van der Waals surface area contributed by atoms with E-state index in [1.165, 1.54) is 4.70 Å². The summed E-state index contributed by atoms with van der Waals surface area (Å²) in [4.78, 5) is 20.3. The molecule has 0 bridgehead atoms. The van der Waals surface area contributed by atoms with Crippen LogP contribution in [0.1, 0.15) is 38.1 Å². The van der Waals surface area contributed by atoms with E-state index in [1.54, 1.807) is 11.3 Å². The first kappa shape index (κ1) is 18.3. The molecule has 1 fully saturated rings. The van der Waals surface area contributed by atoms with Crippen molar-refractivity contribution >= 4 is 27.5 Å². The summed E-state index contributed by atoms with van der Waals surface area (Å²) in [5, 5.41) is 4.33. The highest BCUT2D eigenvalue weighted by Gasteiger charge is 2.41. The number of benzene rings is 1. The number of nitrogens with zero attached hydrogens (tertiary/aromatic N) is 2. The molecule has 2 heterocycles. The molecule has 1 aliphatic heterocycles. The molecular formula is C20H29N3OS. The fourth-order valence-corrected chi connectivity index (χ4v) is 5.08. The van der Waals surface area contributed by atoms with Crippen LogP contribution in [0.2, 0.25) is 0 Å². The molecule has 5 heteroatoms. The molecule has 1 amide bonds. The quantitative estimate of drug-likeness (QED) is 0.820. The molecule has 1 N–H and O–H groups in total. The monoisotopic (exact) mass is 359 g/mol. The van der Waals surface area contributed by atoms with E-state index in [1.807, 2.05) is 13.1 Å². The predicted octanol–water partition coefficient (Wildman–Crippen LogP) is 3.71. The number of rotatable bonds is 7. The molecule has 2 aromatic rings. The lowest BCUT2D eigenvalue weighted by Gasteiger charge is -2.34. The fraction of sp³-hybridized carbons (Fsp3) is 0.600. The smallest absolute Gasteiger partial charge is 0.229 e. The second-order valence-corrected chi connectivity index (χ2v) is 8.32. The van der Waals surface area contributed by atoms with Gasteiger partial charge in [0.1, 0.15) is 0 Å². The first-order valence-electron chi connectivity index (χ1n) is 9.40. The van der Waals surface area contributed by atoms with E-state index in [-0.39, 0.29) is 5.41 Å². The Morgan fingerprint density at radius 1 is 1.36 bits per heavy atom. The van der Waals surface area contributed by atoms with Crippen LogP contribution in [0.3, 0.4) is 0 Å². The molecule has 4 nitrogen and oxygen atoms in total. The van der Waals surface area contributed by atoms with E-state index in [2.05, 4.69) is 42.3 Å². The number of carbonyl (C=O) groups excluding carboxylic acids is 1. The minimum Gasteiger partial charge on any atom is -0.342 e. The van der Waals surface area contributed by atoms with Crippen LogP contribution >= 0.6 is 11.3 Å². The van der Waals surface area contributed by atoms with Gasteiger partial charge in [-0.2, -0.15) is 0 Å². The highest BCUT2D eigenvalue weighted by atomic mass is 32.1. The Labute approximate surface area is 154 Å². The van der Waals surface area contributed by atoms with Gasteiger partial charge in [0, 0.05) is 19.5 Å². The molecule has 1 atom stereocenters. The summed E-state index contributed by atoms with van der Waals surface area (Å²) < 4.78 is 1.21. The summed E-state index contributed by atoms with van der Waals surface area (Å²) in [5.74, 6) is 0.915. The Morgan fingerprint density at radius 3 is 2.80 bits per heavy atom. The molecule has 0 spiro atoms. The lowest BCUT2D eigenvalue weighted by Crippen LogP contribution is -2.44. The van der Waals surface area contributed by atoms with Gasteiger partial charge in [0.15, 0.2) is 0 Å². The van der Waals surface area contributed by atoms with Crippen molar-refractivity contribution in [3.63, 3.8) is 0 Å². The van der Waals surface area contributed by atoms with Gasteiger partial charge in [0.05, 0.1) is 20.6 Å². The molecular weight excluding hydrogens is 330 g/mol. The molecule has 3 rings (SSSR count). The Balaban J connectivity index is 1.79. The summed E-state index contributed by atoms with van der Waals surface area (Å²) >= 11 is 1.73. The molecule has 136 valence electrons. The summed E-state index contributed by atoms with van der Waals surface area (Å²) in [6, 6.07) is 8.24. The molecule has 0 aliphatic carbocycles. The average molecular weight is 360 g/mol. The standard InChI is InChI=1S/C20H29N3OS/c1-4-20(5-2,19(24)23-11-10-15(14-23)13-21-3)12-18-22-16-8-6-7-9-17(16)25-18/h6-9,15,21H,4-5,10-14H2,1-3H3. The first-order chi connectivity index (χ1) is 12.1. The van der Waals surface area contributed by atoms with Crippen molar-refractivity contribution in [1.82, 2.24) is 15.2 Å². The fourth-order valence-electron chi connectivity index (χ4n) is 3.97. The van der Waals surface area contributed by atoms with E-state index in [0.29, 0.717) is 11.8 Å². The molecule has 0 radical (unpaired) electrons. The Kier molecular flexibility index (Phi) is 5.74.